The number of methoxy groups -OCH3 is 1. The molecule has 0 radical (unpaired) electrons. The molecule has 0 spiro atoms. The fraction of sp³-hybridized carbons (Fsp3) is 0.500. The molecule has 1 aliphatic rings. The monoisotopic (exact) mass is 313 g/mol. The molecule has 2 N–H and O–H groups in total. The minimum Gasteiger partial charge on any atom is -0.480 e. The van der Waals surface area contributed by atoms with Gasteiger partial charge in [-0.2, -0.15) is 0 Å². The van der Waals surface area contributed by atoms with Crippen LogP contribution in [0.5, 0.6) is 0 Å². The summed E-state index contributed by atoms with van der Waals surface area (Å²) in [5, 5.41) is 11.6. The highest BCUT2D eigenvalue weighted by Gasteiger charge is 2.23. The standard InChI is InChI=1S/C10H10FNO2.C5H12O.CH2O/c11-8-2-1-6-4-9(10(13)14)12-5-7(6)3-8;1-5(2,3)6-4;1-2/h1-3,9,12H,4-5H2,(H,13,14);1-4H3;1H2/t9-;;/m1../s1. The normalized spacial score (nSPS) is 16.3. The summed E-state index contributed by atoms with van der Waals surface area (Å²) in [6, 6.07) is 3.92. The number of hydrogen-bond donors (Lipinski definition) is 2. The molecule has 0 saturated carbocycles. The molecule has 5 nitrogen and oxygen atoms in total. The van der Waals surface area contributed by atoms with E-state index in [0.29, 0.717) is 13.0 Å². The summed E-state index contributed by atoms with van der Waals surface area (Å²) >= 11 is 0. The largest absolute Gasteiger partial charge is 0.480 e. The van der Waals surface area contributed by atoms with Gasteiger partial charge in [0.05, 0.1) is 5.60 Å². The molecule has 0 bridgehead atoms. The van der Waals surface area contributed by atoms with Crippen LogP contribution < -0.4 is 5.32 Å². The number of hydrogen-bond acceptors (Lipinski definition) is 4. The zero-order valence-electron chi connectivity index (χ0n) is 13.5. The van der Waals surface area contributed by atoms with E-state index in [1.54, 1.807) is 13.2 Å². The van der Waals surface area contributed by atoms with Crippen molar-refractivity contribution in [2.75, 3.05) is 7.11 Å². The molecule has 0 fully saturated rings. The Morgan fingerprint density at radius 1 is 1.36 bits per heavy atom. The summed E-state index contributed by atoms with van der Waals surface area (Å²) in [4.78, 5) is 18.7. The Bertz CT molecular complexity index is 486. The molecule has 1 atom stereocenters. The van der Waals surface area contributed by atoms with Gasteiger partial charge in [0.2, 0.25) is 0 Å². The van der Waals surface area contributed by atoms with Crippen LogP contribution in [0.4, 0.5) is 4.39 Å². The van der Waals surface area contributed by atoms with Crippen molar-refractivity contribution in [2.24, 2.45) is 0 Å². The van der Waals surface area contributed by atoms with Gasteiger partial charge in [0.25, 0.3) is 0 Å². The van der Waals surface area contributed by atoms with Crippen molar-refractivity contribution < 1.29 is 23.8 Å². The third kappa shape index (κ3) is 7.28. The number of aliphatic carboxylic acids is 1. The van der Waals surface area contributed by atoms with Gasteiger partial charge in [-0.25, -0.2) is 4.39 Å². The van der Waals surface area contributed by atoms with Crippen LogP contribution >= 0.6 is 0 Å². The van der Waals surface area contributed by atoms with Gasteiger partial charge in [0.1, 0.15) is 18.6 Å². The second kappa shape index (κ2) is 9.27. The molecule has 6 heteroatoms. The van der Waals surface area contributed by atoms with E-state index in [-0.39, 0.29) is 11.4 Å². The van der Waals surface area contributed by atoms with Crippen LogP contribution in [0.2, 0.25) is 0 Å². The third-order valence-electron chi connectivity index (χ3n) is 3.04. The summed E-state index contributed by atoms with van der Waals surface area (Å²) in [6.07, 6.45) is 0.422. The van der Waals surface area contributed by atoms with Gasteiger partial charge in [-0.1, -0.05) is 6.07 Å². The first kappa shape index (κ1) is 20.2. The van der Waals surface area contributed by atoms with Crippen molar-refractivity contribution in [1.29, 1.82) is 0 Å². The molecule has 1 heterocycles. The van der Waals surface area contributed by atoms with Crippen LogP contribution in [0.1, 0.15) is 31.9 Å². The maximum Gasteiger partial charge on any atom is 0.321 e. The van der Waals surface area contributed by atoms with Crippen molar-refractivity contribution >= 4 is 12.8 Å². The van der Waals surface area contributed by atoms with Crippen LogP contribution in [-0.2, 0) is 27.3 Å². The Morgan fingerprint density at radius 3 is 2.36 bits per heavy atom. The molecule has 0 aromatic heterocycles. The number of benzene rings is 1. The van der Waals surface area contributed by atoms with Gasteiger partial charge >= 0.3 is 5.97 Å². The predicted octanol–water partition coefficient (Wildman–Crippen LogP) is 2.17. The summed E-state index contributed by atoms with van der Waals surface area (Å²) in [5.74, 6) is -1.14. The van der Waals surface area contributed by atoms with Gasteiger partial charge in [0, 0.05) is 13.7 Å². The number of carboxylic acid groups (broad SMARTS) is 1. The highest BCUT2D eigenvalue weighted by molar-refractivity contribution is 5.74. The molecule has 1 aromatic carbocycles. The highest BCUT2D eigenvalue weighted by Crippen LogP contribution is 2.17. The maximum absolute atomic E-state index is 12.8. The fourth-order valence-corrected chi connectivity index (χ4v) is 1.66. The second-order valence-electron chi connectivity index (χ2n) is 5.71. The second-order valence-corrected chi connectivity index (χ2v) is 5.71. The zero-order valence-corrected chi connectivity index (χ0v) is 13.5. The quantitative estimate of drug-likeness (QED) is 0.831. The molecule has 0 aliphatic carbocycles. The summed E-state index contributed by atoms with van der Waals surface area (Å²) < 4.78 is 17.7. The molecule has 0 amide bonds. The van der Waals surface area contributed by atoms with E-state index in [4.69, 9.17) is 14.6 Å². The number of nitrogens with one attached hydrogen (secondary N) is 1. The predicted molar refractivity (Wildman–Crippen MR) is 82.3 cm³/mol. The average molecular weight is 313 g/mol. The Morgan fingerprint density at radius 2 is 1.91 bits per heavy atom. The Balaban J connectivity index is 0.000000470. The molecule has 1 aliphatic heterocycles. The van der Waals surface area contributed by atoms with Gasteiger partial charge in [0.15, 0.2) is 0 Å². The first-order valence-electron chi connectivity index (χ1n) is 6.80. The van der Waals surface area contributed by atoms with Crippen molar-refractivity contribution in [3.63, 3.8) is 0 Å². The Labute approximate surface area is 130 Å². The minimum absolute atomic E-state index is 0.0417. The number of fused-ring (bicyclic) bond motifs is 1. The topological polar surface area (TPSA) is 75.6 Å². The van der Waals surface area contributed by atoms with E-state index in [1.807, 2.05) is 27.6 Å². The third-order valence-corrected chi connectivity index (χ3v) is 3.04. The van der Waals surface area contributed by atoms with Gasteiger partial charge < -0.3 is 20.0 Å². The first-order valence-corrected chi connectivity index (χ1v) is 6.80. The van der Waals surface area contributed by atoms with Crippen LogP contribution in [0.25, 0.3) is 0 Å². The minimum atomic E-state index is -0.861. The van der Waals surface area contributed by atoms with Crippen LogP contribution in [0.3, 0.4) is 0 Å². The molecule has 22 heavy (non-hydrogen) atoms. The Hall–Kier alpha value is -1.79. The molecule has 1 aromatic rings. The molecular formula is C16H24FNO4. The van der Waals surface area contributed by atoms with E-state index in [1.165, 1.54) is 12.1 Å². The van der Waals surface area contributed by atoms with Gasteiger partial charge in [-0.05, 0) is 50.5 Å². The summed E-state index contributed by atoms with van der Waals surface area (Å²) in [7, 11) is 1.71. The lowest BCUT2D eigenvalue weighted by Gasteiger charge is -2.22. The fourth-order valence-electron chi connectivity index (χ4n) is 1.66. The van der Waals surface area contributed by atoms with E-state index >= 15 is 0 Å². The molecular weight excluding hydrogens is 289 g/mol. The average Bonchev–Trinajstić information content (AvgIpc) is 2.48. The van der Waals surface area contributed by atoms with Crippen molar-refractivity contribution in [2.45, 2.75) is 45.4 Å². The van der Waals surface area contributed by atoms with Crippen molar-refractivity contribution in [3.8, 4) is 0 Å². The van der Waals surface area contributed by atoms with E-state index in [0.717, 1.165) is 11.1 Å². The molecule has 0 saturated heterocycles. The first-order chi connectivity index (χ1) is 10.2. The maximum atomic E-state index is 12.8. The lowest BCUT2D eigenvalue weighted by molar-refractivity contribution is -0.139. The van der Waals surface area contributed by atoms with E-state index < -0.39 is 12.0 Å². The van der Waals surface area contributed by atoms with Crippen LogP contribution in [0.15, 0.2) is 18.2 Å². The molecule has 2 rings (SSSR count). The number of rotatable bonds is 1. The van der Waals surface area contributed by atoms with Crippen molar-refractivity contribution in [3.05, 3.63) is 35.1 Å². The van der Waals surface area contributed by atoms with E-state index in [2.05, 4.69) is 5.32 Å². The van der Waals surface area contributed by atoms with E-state index in [9.17, 15) is 9.18 Å². The Kier molecular flexibility index (Phi) is 8.52. The number of carbonyl (C=O) groups excluding carboxylic acids is 1. The lowest BCUT2D eigenvalue weighted by Crippen LogP contribution is -2.41. The number of ether oxygens (including phenoxy) is 1. The summed E-state index contributed by atoms with van der Waals surface area (Å²) in [6.45, 7) is 8.48. The van der Waals surface area contributed by atoms with Crippen LogP contribution in [-0.4, -0.2) is 36.6 Å². The van der Waals surface area contributed by atoms with Gasteiger partial charge in [-0.15, -0.1) is 0 Å². The van der Waals surface area contributed by atoms with Crippen molar-refractivity contribution in [1.82, 2.24) is 5.32 Å². The number of halogens is 1. The van der Waals surface area contributed by atoms with Crippen LogP contribution in [0, 0.1) is 5.82 Å². The number of carbonyl (C=O) groups is 2. The lowest BCUT2D eigenvalue weighted by atomic mass is 9.96. The zero-order chi connectivity index (χ0) is 17.3. The van der Waals surface area contributed by atoms with Gasteiger partial charge in [-0.3, -0.25) is 4.79 Å². The SMILES string of the molecule is C=O.COC(C)(C)C.O=C(O)[C@H]1Cc2ccc(F)cc2CN1. The smallest absolute Gasteiger partial charge is 0.321 e. The molecule has 0 unspecified atom stereocenters. The highest BCUT2D eigenvalue weighted by atomic mass is 19.1. The number of carboxylic acids is 1. The molecule has 124 valence electrons. The summed E-state index contributed by atoms with van der Waals surface area (Å²) in [5.41, 5.74) is 1.81.